The van der Waals surface area contributed by atoms with E-state index >= 15 is 0 Å². The second-order valence-corrected chi connectivity index (χ2v) is 4.28. The third-order valence-electron chi connectivity index (χ3n) is 2.24. The summed E-state index contributed by atoms with van der Waals surface area (Å²) in [5.74, 6) is 0.452. The van der Waals surface area contributed by atoms with E-state index in [9.17, 15) is 0 Å². The SMILES string of the molecule is CN(Cc1cscn1)c1nccc(/C(N)=N/O)n1. The van der Waals surface area contributed by atoms with Gasteiger partial charge in [0.1, 0.15) is 5.69 Å². The Morgan fingerprint density at radius 2 is 2.39 bits per heavy atom. The number of anilines is 1. The number of rotatable bonds is 4. The molecule has 0 saturated heterocycles. The quantitative estimate of drug-likeness (QED) is 0.364. The molecule has 2 heterocycles. The molecule has 0 aliphatic heterocycles. The fraction of sp³-hybridized carbons (Fsp3) is 0.200. The molecule has 94 valence electrons. The number of hydrogen-bond donors (Lipinski definition) is 2. The van der Waals surface area contributed by atoms with Crippen molar-refractivity contribution in [3.05, 3.63) is 34.5 Å². The summed E-state index contributed by atoms with van der Waals surface area (Å²) in [6.45, 7) is 0.600. The molecule has 2 rings (SSSR count). The summed E-state index contributed by atoms with van der Waals surface area (Å²) in [7, 11) is 1.85. The average molecular weight is 264 g/mol. The fourth-order valence-electron chi connectivity index (χ4n) is 1.36. The summed E-state index contributed by atoms with van der Waals surface area (Å²) in [4.78, 5) is 14.4. The minimum Gasteiger partial charge on any atom is -0.409 e. The highest BCUT2D eigenvalue weighted by Crippen LogP contribution is 2.10. The van der Waals surface area contributed by atoms with Crippen LogP contribution in [0.1, 0.15) is 11.4 Å². The first-order valence-electron chi connectivity index (χ1n) is 5.10. The standard InChI is InChI=1S/C10H12N6OS/c1-16(4-7-5-18-6-13-7)10-12-3-2-8(14-10)9(11)15-17/h2-3,5-6,17H,4H2,1H3,(H2,11,15). The van der Waals surface area contributed by atoms with Gasteiger partial charge in [-0.1, -0.05) is 5.16 Å². The first kappa shape index (κ1) is 12.2. The summed E-state index contributed by atoms with van der Waals surface area (Å²) in [5, 5.41) is 13.5. The summed E-state index contributed by atoms with van der Waals surface area (Å²) in [6.07, 6.45) is 1.56. The number of oxime groups is 1. The molecule has 0 bridgehead atoms. The second-order valence-electron chi connectivity index (χ2n) is 3.56. The Morgan fingerprint density at radius 3 is 3.06 bits per heavy atom. The highest BCUT2D eigenvalue weighted by Gasteiger charge is 2.09. The van der Waals surface area contributed by atoms with Gasteiger partial charge in [0.05, 0.1) is 17.7 Å². The molecule has 18 heavy (non-hydrogen) atoms. The van der Waals surface area contributed by atoms with E-state index in [0.29, 0.717) is 18.2 Å². The van der Waals surface area contributed by atoms with Gasteiger partial charge in [-0.3, -0.25) is 0 Å². The van der Waals surface area contributed by atoms with Crippen LogP contribution in [0.4, 0.5) is 5.95 Å². The molecule has 0 aromatic carbocycles. The van der Waals surface area contributed by atoms with Crippen LogP contribution in [0.3, 0.4) is 0 Å². The number of hydrogen-bond acceptors (Lipinski definition) is 7. The van der Waals surface area contributed by atoms with Gasteiger partial charge in [0, 0.05) is 18.6 Å². The van der Waals surface area contributed by atoms with Gasteiger partial charge in [0.15, 0.2) is 5.84 Å². The zero-order valence-electron chi connectivity index (χ0n) is 9.69. The van der Waals surface area contributed by atoms with Gasteiger partial charge in [0.2, 0.25) is 5.95 Å². The smallest absolute Gasteiger partial charge is 0.226 e. The van der Waals surface area contributed by atoms with Crippen LogP contribution in [0.5, 0.6) is 0 Å². The third kappa shape index (κ3) is 2.72. The molecule has 7 nitrogen and oxygen atoms in total. The number of aromatic nitrogens is 3. The molecule has 2 aromatic heterocycles. The normalized spacial score (nSPS) is 11.5. The molecular weight excluding hydrogens is 252 g/mol. The van der Waals surface area contributed by atoms with E-state index in [2.05, 4.69) is 20.1 Å². The molecule has 0 spiro atoms. The zero-order chi connectivity index (χ0) is 13.0. The molecule has 0 amide bonds. The molecule has 8 heteroatoms. The highest BCUT2D eigenvalue weighted by molar-refractivity contribution is 7.07. The van der Waals surface area contributed by atoms with Crippen LogP contribution in [0.2, 0.25) is 0 Å². The largest absolute Gasteiger partial charge is 0.409 e. The number of nitrogens with zero attached hydrogens (tertiary/aromatic N) is 5. The first-order valence-corrected chi connectivity index (χ1v) is 6.04. The lowest BCUT2D eigenvalue weighted by Crippen LogP contribution is -2.22. The van der Waals surface area contributed by atoms with Gasteiger partial charge in [-0.2, -0.15) is 0 Å². The molecule has 0 radical (unpaired) electrons. The maximum atomic E-state index is 8.61. The molecular formula is C10H12N6OS. The Hall–Kier alpha value is -2.22. The molecule has 0 aliphatic rings. The second kappa shape index (κ2) is 5.41. The Balaban J connectivity index is 2.17. The van der Waals surface area contributed by atoms with Crippen molar-refractivity contribution in [1.82, 2.24) is 15.0 Å². The van der Waals surface area contributed by atoms with Crippen molar-refractivity contribution >= 4 is 23.1 Å². The van der Waals surface area contributed by atoms with Crippen molar-refractivity contribution in [3.63, 3.8) is 0 Å². The maximum Gasteiger partial charge on any atom is 0.226 e. The summed E-state index contributed by atoms with van der Waals surface area (Å²) >= 11 is 1.54. The molecule has 0 fully saturated rings. The lowest BCUT2D eigenvalue weighted by atomic mass is 10.4. The molecule has 0 aliphatic carbocycles. The first-order chi connectivity index (χ1) is 8.70. The lowest BCUT2D eigenvalue weighted by Gasteiger charge is -2.15. The predicted octanol–water partition coefficient (Wildman–Crippen LogP) is 0.664. The van der Waals surface area contributed by atoms with Crippen molar-refractivity contribution in [2.75, 3.05) is 11.9 Å². The van der Waals surface area contributed by atoms with E-state index in [4.69, 9.17) is 10.9 Å². The minimum atomic E-state index is -0.0410. The molecule has 2 aromatic rings. The molecule has 3 N–H and O–H groups in total. The average Bonchev–Trinajstić information content (AvgIpc) is 2.90. The van der Waals surface area contributed by atoms with Crippen molar-refractivity contribution < 1.29 is 5.21 Å². The summed E-state index contributed by atoms with van der Waals surface area (Å²) in [6, 6.07) is 1.58. The maximum absolute atomic E-state index is 8.61. The van der Waals surface area contributed by atoms with Gasteiger partial charge >= 0.3 is 0 Å². The predicted molar refractivity (Wildman–Crippen MR) is 68.8 cm³/mol. The van der Waals surface area contributed by atoms with Crippen molar-refractivity contribution in [1.29, 1.82) is 0 Å². The van der Waals surface area contributed by atoms with Crippen molar-refractivity contribution in [2.24, 2.45) is 10.9 Å². The number of thiazole rings is 1. The van der Waals surface area contributed by atoms with Gasteiger partial charge in [-0.15, -0.1) is 11.3 Å². The van der Waals surface area contributed by atoms with Crippen LogP contribution in [0.15, 0.2) is 28.3 Å². The molecule has 0 unspecified atom stereocenters. The van der Waals surface area contributed by atoms with Gasteiger partial charge < -0.3 is 15.8 Å². The van der Waals surface area contributed by atoms with Crippen molar-refractivity contribution in [3.8, 4) is 0 Å². The van der Waals surface area contributed by atoms with Crippen LogP contribution in [0.25, 0.3) is 0 Å². The summed E-state index contributed by atoms with van der Waals surface area (Å²) < 4.78 is 0. The summed E-state index contributed by atoms with van der Waals surface area (Å²) in [5.41, 5.74) is 8.58. The molecule has 0 atom stereocenters. The Kier molecular flexibility index (Phi) is 3.68. The van der Waals surface area contributed by atoms with E-state index in [1.165, 1.54) is 11.3 Å². The highest BCUT2D eigenvalue weighted by atomic mass is 32.1. The van der Waals surface area contributed by atoms with Gasteiger partial charge in [0.25, 0.3) is 0 Å². The zero-order valence-corrected chi connectivity index (χ0v) is 10.5. The lowest BCUT2D eigenvalue weighted by molar-refractivity contribution is 0.318. The van der Waals surface area contributed by atoms with Gasteiger partial charge in [-0.05, 0) is 6.07 Å². The van der Waals surface area contributed by atoms with Crippen LogP contribution < -0.4 is 10.6 Å². The third-order valence-corrected chi connectivity index (χ3v) is 2.87. The van der Waals surface area contributed by atoms with E-state index < -0.39 is 0 Å². The Bertz CT molecular complexity index is 541. The number of nitrogens with two attached hydrogens (primary N) is 1. The van der Waals surface area contributed by atoms with E-state index in [1.54, 1.807) is 17.8 Å². The topological polar surface area (TPSA) is 101 Å². The molecule has 0 saturated carbocycles. The van der Waals surface area contributed by atoms with Crippen LogP contribution in [0, 0.1) is 0 Å². The van der Waals surface area contributed by atoms with Gasteiger partial charge in [-0.25, -0.2) is 15.0 Å². The number of amidine groups is 1. The Morgan fingerprint density at radius 1 is 1.56 bits per heavy atom. The van der Waals surface area contributed by atoms with Crippen molar-refractivity contribution in [2.45, 2.75) is 6.54 Å². The van der Waals surface area contributed by atoms with E-state index in [0.717, 1.165) is 5.69 Å². The fourth-order valence-corrected chi connectivity index (χ4v) is 1.91. The van der Waals surface area contributed by atoms with Crippen LogP contribution >= 0.6 is 11.3 Å². The van der Waals surface area contributed by atoms with Crippen LogP contribution in [-0.2, 0) is 6.54 Å². The van der Waals surface area contributed by atoms with E-state index in [1.807, 2.05) is 17.3 Å². The van der Waals surface area contributed by atoms with E-state index in [-0.39, 0.29) is 5.84 Å². The monoisotopic (exact) mass is 264 g/mol. The Labute approximate surface area is 108 Å². The van der Waals surface area contributed by atoms with Crippen LogP contribution in [-0.4, -0.2) is 33.0 Å². The minimum absolute atomic E-state index is 0.0410.